The Morgan fingerprint density at radius 1 is 1.07 bits per heavy atom. The van der Waals surface area contributed by atoms with Crippen LogP contribution in [0.5, 0.6) is 0 Å². The Labute approximate surface area is 165 Å². The standard InChI is InChI=1S/C21H18ClF3N2O/c1-12-18(20(28)19(22)13(2)27-12)15-7-9-17(26-11-15)8-6-14-4-3-5-16(10-14)21(23,24)25/h3-5,7,9-11H,6,8H2,1-2H3,(H,27,28). The van der Waals surface area contributed by atoms with Crippen LogP contribution in [0, 0.1) is 13.8 Å². The number of H-pyrrole nitrogens is 1. The quantitative estimate of drug-likeness (QED) is 0.620. The summed E-state index contributed by atoms with van der Waals surface area (Å²) in [7, 11) is 0. The Hall–Kier alpha value is -2.60. The third-order valence-corrected chi connectivity index (χ3v) is 5.00. The van der Waals surface area contributed by atoms with Gasteiger partial charge < -0.3 is 4.98 Å². The predicted octanol–water partition coefficient (Wildman–Crippen LogP) is 5.51. The van der Waals surface area contributed by atoms with Gasteiger partial charge in [0.2, 0.25) is 5.43 Å². The fourth-order valence-corrected chi connectivity index (χ4v) is 3.23. The number of aromatic amines is 1. The highest BCUT2D eigenvalue weighted by molar-refractivity contribution is 6.31. The second-order valence-corrected chi connectivity index (χ2v) is 7.01. The molecule has 0 atom stereocenters. The number of pyridine rings is 2. The van der Waals surface area contributed by atoms with Crippen molar-refractivity contribution in [3.05, 3.63) is 86.0 Å². The van der Waals surface area contributed by atoms with E-state index in [0.717, 1.165) is 17.8 Å². The molecule has 0 radical (unpaired) electrons. The zero-order valence-corrected chi connectivity index (χ0v) is 16.1. The largest absolute Gasteiger partial charge is 0.416 e. The van der Waals surface area contributed by atoms with Crippen LogP contribution >= 0.6 is 11.6 Å². The van der Waals surface area contributed by atoms with Crippen LogP contribution < -0.4 is 5.43 Å². The molecule has 0 spiro atoms. The number of alkyl halides is 3. The van der Waals surface area contributed by atoms with Gasteiger partial charge in [0, 0.05) is 28.8 Å². The van der Waals surface area contributed by atoms with Gasteiger partial charge in [-0.2, -0.15) is 13.2 Å². The zero-order valence-electron chi connectivity index (χ0n) is 15.3. The van der Waals surface area contributed by atoms with Crippen LogP contribution in [-0.2, 0) is 19.0 Å². The van der Waals surface area contributed by atoms with Crippen LogP contribution in [0.15, 0.2) is 47.4 Å². The smallest absolute Gasteiger partial charge is 0.361 e. The topological polar surface area (TPSA) is 45.8 Å². The third kappa shape index (κ3) is 4.28. The van der Waals surface area contributed by atoms with Crippen LogP contribution in [-0.4, -0.2) is 9.97 Å². The van der Waals surface area contributed by atoms with Gasteiger partial charge in [0.1, 0.15) is 5.02 Å². The molecule has 1 N–H and O–H groups in total. The summed E-state index contributed by atoms with van der Waals surface area (Å²) < 4.78 is 38.4. The summed E-state index contributed by atoms with van der Waals surface area (Å²) >= 11 is 6.05. The summed E-state index contributed by atoms with van der Waals surface area (Å²) in [4.78, 5) is 19.9. The molecule has 0 amide bonds. The van der Waals surface area contributed by atoms with Crippen LogP contribution in [0.4, 0.5) is 13.2 Å². The Morgan fingerprint density at radius 2 is 1.82 bits per heavy atom. The van der Waals surface area contributed by atoms with Gasteiger partial charge in [0.25, 0.3) is 0 Å². The molecule has 3 nitrogen and oxygen atoms in total. The van der Waals surface area contributed by atoms with Crippen molar-refractivity contribution in [1.82, 2.24) is 9.97 Å². The average Bonchev–Trinajstić information content (AvgIpc) is 2.65. The molecule has 0 aliphatic carbocycles. The van der Waals surface area contributed by atoms with Crippen LogP contribution in [0.25, 0.3) is 11.1 Å². The summed E-state index contributed by atoms with van der Waals surface area (Å²) in [5.74, 6) is 0. The molecular formula is C21H18ClF3N2O. The molecule has 0 bridgehead atoms. The second kappa shape index (κ2) is 7.80. The number of halogens is 4. The van der Waals surface area contributed by atoms with E-state index in [4.69, 9.17) is 11.6 Å². The molecular weight excluding hydrogens is 389 g/mol. The maximum atomic E-state index is 12.8. The number of hydrogen-bond acceptors (Lipinski definition) is 2. The molecule has 28 heavy (non-hydrogen) atoms. The first-order valence-electron chi connectivity index (χ1n) is 8.67. The maximum absolute atomic E-state index is 12.8. The SMILES string of the molecule is Cc1[nH]c(C)c(-c2ccc(CCc3cccc(C(F)(F)F)c3)nc2)c(=O)c1Cl. The minimum Gasteiger partial charge on any atom is -0.361 e. The first kappa shape index (κ1) is 20.1. The van der Waals surface area contributed by atoms with E-state index in [9.17, 15) is 18.0 Å². The van der Waals surface area contributed by atoms with E-state index in [2.05, 4.69) is 9.97 Å². The van der Waals surface area contributed by atoms with Crippen molar-refractivity contribution in [3.8, 4) is 11.1 Å². The van der Waals surface area contributed by atoms with Crippen molar-refractivity contribution < 1.29 is 13.2 Å². The molecule has 3 rings (SSSR count). The molecule has 3 aromatic rings. The number of benzene rings is 1. The molecule has 2 heterocycles. The van der Waals surface area contributed by atoms with E-state index >= 15 is 0 Å². The Bertz CT molecular complexity index is 1060. The number of aryl methyl sites for hydroxylation is 4. The van der Waals surface area contributed by atoms with Crippen molar-refractivity contribution in [2.75, 3.05) is 0 Å². The summed E-state index contributed by atoms with van der Waals surface area (Å²) in [6.45, 7) is 3.53. The predicted molar refractivity (Wildman–Crippen MR) is 104 cm³/mol. The van der Waals surface area contributed by atoms with Crippen molar-refractivity contribution in [2.45, 2.75) is 32.9 Å². The van der Waals surface area contributed by atoms with Gasteiger partial charge in [-0.3, -0.25) is 9.78 Å². The highest BCUT2D eigenvalue weighted by Crippen LogP contribution is 2.29. The fourth-order valence-electron chi connectivity index (χ4n) is 3.09. The van der Waals surface area contributed by atoms with Crippen molar-refractivity contribution in [2.24, 2.45) is 0 Å². The summed E-state index contributed by atoms with van der Waals surface area (Å²) in [6, 6.07) is 8.84. The van der Waals surface area contributed by atoms with Gasteiger partial charge in [-0.1, -0.05) is 35.9 Å². The van der Waals surface area contributed by atoms with Crippen LogP contribution in [0.3, 0.4) is 0 Å². The van der Waals surface area contributed by atoms with Crippen molar-refractivity contribution in [3.63, 3.8) is 0 Å². The molecule has 7 heteroatoms. The number of aromatic nitrogens is 2. The summed E-state index contributed by atoms with van der Waals surface area (Å²) in [6.07, 6.45) is -1.83. The zero-order chi connectivity index (χ0) is 20.5. The van der Waals surface area contributed by atoms with Gasteiger partial charge in [0.15, 0.2) is 0 Å². The lowest BCUT2D eigenvalue weighted by molar-refractivity contribution is -0.137. The molecule has 2 aromatic heterocycles. The van der Waals surface area contributed by atoms with Gasteiger partial charge in [-0.05, 0) is 44.4 Å². The van der Waals surface area contributed by atoms with E-state index in [-0.39, 0.29) is 10.5 Å². The Morgan fingerprint density at radius 3 is 2.46 bits per heavy atom. The van der Waals surface area contributed by atoms with E-state index in [0.29, 0.717) is 40.9 Å². The van der Waals surface area contributed by atoms with Gasteiger partial charge >= 0.3 is 6.18 Å². The molecule has 0 unspecified atom stereocenters. The monoisotopic (exact) mass is 406 g/mol. The van der Waals surface area contributed by atoms with Crippen molar-refractivity contribution >= 4 is 11.6 Å². The van der Waals surface area contributed by atoms with E-state index < -0.39 is 11.7 Å². The van der Waals surface area contributed by atoms with E-state index in [1.165, 1.54) is 6.07 Å². The maximum Gasteiger partial charge on any atom is 0.416 e. The fraction of sp³-hybridized carbons (Fsp3) is 0.238. The third-order valence-electron chi connectivity index (χ3n) is 4.54. The first-order chi connectivity index (χ1) is 13.2. The number of rotatable bonds is 4. The highest BCUT2D eigenvalue weighted by Gasteiger charge is 2.30. The molecule has 0 fully saturated rings. The molecule has 146 valence electrons. The minimum atomic E-state index is -4.35. The molecule has 0 saturated heterocycles. The van der Waals surface area contributed by atoms with Crippen molar-refractivity contribution in [1.29, 1.82) is 0 Å². The van der Waals surface area contributed by atoms with E-state index in [1.807, 2.05) is 0 Å². The molecule has 0 aliphatic rings. The average molecular weight is 407 g/mol. The summed E-state index contributed by atoms with van der Waals surface area (Å²) in [5.41, 5.74) is 2.83. The van der Waals surface area contributed by atoms with Gasteiger partial charge in [0.05, 0.1) is 11.1 Å². The number of hydrogen-bond donors (Lipinski definition) is 1. The second-order valence-electron chi connectivity index (χ2n) is 6.63. The summed E-state index contributed by atoms with van der Waals surface area (Å²) in [5, 5.41) is 0.147. The lowest BCUT2D eigenvalue weighted by Crippen LogP contribution is -2.11. The minimum absolute atomic E-state index is 0.147. The number of nitrogens with zero attached hydrogens (tertiary/aromatic N) is 1. The number of nitrogens with one attached hydrogen (secondary N) is 1. The van der Waals surface area contributed by atoms with Gasteiger partial charge in [-0.25, -0.2) is 0 Å². The first-order valence-corrected chi connectivity index (χ1v) is 9.05. The lowest BCUT2D eigenvalue weighted by atomic mass is 10.0. The Kier molecular flexibility index (Phi) is 5.61. The van der Waals surface area contributed by atoms with E-state index in [1.54, 1.807) is 38.2 Å². The molecule has 0 saturated carbocycles. The Balaban J connectivity index is 1.78. The molecule has 0 aliphatic heterocycles. The van der Waals surface area contributed by atoms with Crippen LogP contribution in [0.2, 0.25) is 5.02 Å². The lowest BCUT2D eigenvalue weighted by Gasteiger charge is -2.10. The molecule has 1 aromatic carbocycles. The van der Waals surface area contributed by atoms with Gasteiger partial charge in [-0.15, -0.1) is 0 Å². The normalized spacial score (nSPS) is 11.6. The highest BCUT2D eigenvalue weighted by atomic mass is 35.5. The van der Waals surface area contributed by atoms with Crippen LogP contribution in [0.1, 0.15) is 28.2 Å².